The second-order valence-electron chi connectivity index (χ2n) is 5.90. The molecule has 0 radical (unpaired) electrons. The summed E-state index contributed by atoms with van der Waals surface area (Å²) in [6, 6.07) is 9.61. The Morgan fingerprint density at radius 1 is 1.17 bits per heavy atom. The summed E-state index contributed by atoms with van der Waals surface area (Å²) in [4.78, 5) is 1.37. The SMILES string of the molecule is CCC(NC)C(C)Sc1ccc(C(C)(C)C)cc1. The molecule has 0 saturated carbocycles. The Kier molecular flexibility index (Phi) is 5.74. The fraction of sp³-hybridized carbons (Fsp3) is 0.625. The first-order chi connectivity index (χ1) is 8.38. The third kappa shape index (κ3) is 4.33. The highest BCUT2D eigenvalue weighted by Crippen LogP contribution is 2.29. The van der Waals surface area contributed by atoms with E-state index >= 15 is 0 Å². The topological polar surface area (TPSA) is 12.0 Å². The molecule has 18 heavy (non-hydrogen) atoms. The van der Waals surface area contributed by atoms with Crippen molar-refractivity contribution in [3.8, 4) is 0 Å². The van der Waals surface area contributed by atoms with Crippen molar-refractivity contribution in [2.75, 3.05) is 7.05 Å². The van der Waals surface area contributed by atoms with E-state index < -0.39 is 0 Å². The maximum absolute atomic E-state index is 3.39. The minimum absolute atomic E-state index is 0.242. The minimum atomic E-state index is 0.242. The van der Waals surface area contributed by atoms with E-state index in [0.717, 1.165) is 0 Å². The van der Waals surface area contributed by atoms with Gasteiger partial charge in [0.05, 0.1) is 0 Å². The van der Waals surface area contributed by atoms with Crippen molar-refractivity contribution < 1.29 is 0 Å². The molecule has 1 N–H and O–H groups in total. The molecule has 0 saturated heterocycles. The number of benzene rings is 1. The standard InChI is InChI=1S/C16H27NS/c1-7-15(17-6)12(2)18-14-10-8-13(9-11-14)16(3,4)5/h8-12,15,17H,7H2,1-6H3. The van der Waals surface area contributed by atoms with E-state index in [-0.39, 0.29) is 5.41 Å². The summed E-state index contributed by atoms with van der Waals surface area (Å²) < 4.78 is 0. The Balaban J connectivity index is 2.69. The molecule has 0 bridgehead atoms. The van der Waals surface area contributed by atoms with Gasteiger partial charge >= 0.3 is 0 Å². The van der Waals surface area contributed by atoms with E-state index in [1.54, 1.807) is 0 Å². The summed E-state index contributed by atoms with van der Waals surface area (Å²) in [6.07, 6.45) is 1.17. The molecule has 0 spiro atoms. The van der Waals surface area contributed by atoms with Crippen LogP contribution in [0.2, 0.25) is 0 Å². The Bertz CT molecular complexity index is 346. The zero-order chi connectivity index (χ0) is 13.8. The fourth-order valence-electron chi connectivity index (χ4n) is 2.10. The summed E-state index contributed by atoms with van der Waals surface area (Å²) in [5, 5.41) is 3.98. The third-order valence-corrected chi connectivity index (χ3v) is 4.66. The van der Waals surface area contributed by atoms with Gasteiger partial charge in [0.25, 0.3) is 0 Å². The van der Waals surface area contributed by atoms with Crippen molar-refractivity contribution in [3.63, 3.8) is 0 Å². The van der Waals surface area contributed by atoms with Crippen LogP contribution in [0.15, 0.2) is 29.2 Å². The summed E-state index contributed by atoms with van der Waals surface area (Å²) >= 11 is 1.96. The molecule has 0 fully saturated rings. The van der Waals surface area contributed by atoms with Gasteiger partial charge in [0, 0.05) is 16.2 Å². The predicted molar refractivity (Wildman–Crippen MR) is 83.6 cm³/mol. The monoisotopic (exact) mass is 265 g/mol. The molecule has 102 valence electrons. The molecule has 1 rings (SSSR count). The van der Waals surface area contributed by atoms with E-state index in [1.807, 2.05) is 18.8 Å². The van der Waals surface area contributed by atoms with Crippen molar-refractivity contribution in [2.24, 2.45) is 0 Å². The first-order valence-electron chi connectivity index (χ1n) is 6.83. The Morgan fingerprint density at radius 3 is 2.11 bits per heavy atom. The van der Waals surface area contributed by atoms with Gasteiger partial charge in [0.2, 0.25) is 0 Å². The van der Waals surface area contributed by atoms with Gasteiger partial charge in [-0.05, 0) is 36.6 Å². The van der Waals surface area contributed by atoms with Gasteiger partial charge in [-0.25, -0.2) is 0 Å². The van der Waals surface area contributed by atoms with E-state index in [9.17, 15) is 0 Å². The van der Waals surface area contributed by atoms with Crippen LogP contribution in [-0.4, -0.2) is 18.3 Å². The van der Waals surface area contributed by atoms with Crippen LogP contribution >= 0.6 is 11.8 Å². The molecule has 1 aromatic carbocycles. The number of thioether (sulfide) groups is 1. The van der Waals surface area contributed by atoms with Gasteiger partial charge in [-0.2, -0.15) is 0 Å². The van der Waals surface area contributed by atoms with E-state index in [0.29, 0.717) is 11.3 Å². The second kappa shape index (κ2) is 6.63. The molecular weight excluding hydrogens is 238 g/mol. The maximum Gasteiger partial charge on any atom is 0.0219 e. The van der Waals surface area contributed by atoms with Gasteiger partial charge in [-0.15, -0.1) is 11.8 Å². The molecule has 2 atom stereocenters. The Labute approximate surface area is 117 Å². The van der Waals surface area contributed by atoms with Crippen molar-refractivity contribution in [1.82, 2.24) is 5.32 Å². The van der Waals surface area contributed by atoms with Crippen LogP contribution in [0.5, 0.6) is 0 Å². The lowest BCUT2D eigenvalue weighted by Gasteiger charge is -2.22. The normalized spacial score (nSPS) is 15.4. The van der Waals surface area contributed by atoms with Crippen LogP contribution in [0.25, 0.3) is 0 Å². The zero-order valence-electron chi connectivity index (χ0n) is 12.6. The summed E-state index contributed by atoms with van der Waals surface area (Å²) in [5.41, 5.74) is 1.64. The molecule has 1 aromatic rings. The lowest BCUT2D eigenvalue weighted by Crippen LogP contribution is -2.33. The molecule has 2 heteroatoms. The number of hydrogen-bond donors (Lipinski definition) is 1. The van der Waals surface area contributed by atoms with Crippen molar-refractivity contribution in [3.05, 3.63) is 29.8 Å². The van der Waals surface area contributed by atoms with E-state index in [2.05, 4.69) is 64.2 Å². The summed E-state index contributed by atoms with van der Waals surface area (Å²) in [7, 11) is 2.05. The van der Waals surface area contributed by atoms with Gasteiger partial charge in [-0.3, -0.25) is 0 Å². The number of nitrogens with one attached hydrogen (secondary N) is 1. The smallest absolute Gasteiger partial charge is 0.0219 e. The highest BCUT2D eigenvalue weighted by Gasteiger charge is 2.16. The molecule has 0 aliphatic carbocycles. The van der Waals surface area contributed by atoms with Gasteiger partial charge < -0.3 is 5.32 Å². The quantitative estimate of drug-likeness (QED) is 0.789. The van der Waals surface area contributed by atoms with Crippen molar-refractivity contribution in [2.45, 2.75) is 62.6 Å². The van der Waals surface area contributed by atoms with Crippen LogP contribution in [0.4, 0.5) is 0 Å². The van der Waals surface area contributed by atoms with Gasteiger partial charge in [-0.1, -0.05) is 46.8 Å². The average Bonchev–Trinajstić information content (AvgIpc) is 2.30. The van der Waals surface area contributed by atoms with Crippen LogP contribution in [-0.2, 0) is 5.41 Å². The summed E-state index contributed by atoms with van der Waals surface area (Å²) in [6.45, 7) is 11.3. The molecule has 1 nitrogen and oxygen atoms in total. The lowest BCUT2D eigenvalue weighted by molar-refractivity contribution is 0.541. The van der Waals surface area contributed by atoms with E-state index in [4.69, 9.17) is 0 Å². The van der Waals surface area contributed by atoms with Crippen molar-refractivity contribution >= 4 is 11.8 Å². The molecule has 0 amide bonds. The fourth-order valence-corrected chi connectivity index (χ4v) is 3.32. The molecule has 0 aromatic heterocycles. The predicted octanol–water partition coefficient (Wildman–Crippen LogP) is 4.46. The molecule has 0 aliphatic heterocycles. The second-order valence-corrected chi connectivity index (χ2v) is 7.35. The van der Waals surface area contributed by atoms with Crippen molar-refractivity contribution in [1.29, 1.82) is 0 Å². The first kappa shape index (κ1) is 15.6. The first-order valence-corrected chi connectivity index (χ1v) is 7.71. The Morgan fingerprint density at radius 2 is 1.72 bits per heavy atom. The van der Waals surface area contributed by atoms with Gasteiger partial charge in [0.15, 0.2) is 0 Å². The highest BCUT2D eigenvalue weighted by atomic mass is 32.2. The maximum atomic E-state index is 3.39. The van der Waals surface area contributed by atoms with Crippen LogP contribution in [0.1, 0.15) is 46.6 Å². The largest absolute Gasteiger partial charge is 0.316 e. The number of rotatable bonds is 5. The molecule has 0 heterocycles. The highest BCUT2D eigenvalue weighted by molar-refractivity contribution is 8.00. The van der Waals surface area contributed by atoms with Crippen LogP contribution in [0.3, 0.4) is 0 Å². The van der Waals surface area contributed by atoms with E-state index in [1.165, 1.54) is 16.9 Å². The van der Waals surface area contributed by atoms with Gasteiger partial charge in [0.1, 0.15) is 0 Å². The zero-order valence-corrected chi connectivity index (χ0v) is 13.4. The lowest BCUT2D eigenvalue weighted by atomic mass is 9.87. The molecule has 0 aliphatic rings. The number of hydrogen-bond acceptors (Lipinski definition) is 2. The average molecular weight is 265 g/mol. The third-order valence-electron chi connectivity index (χ3n) is 3.42. The van der Waals surface area contributed by atoms with Crippen LogP contribution in [0, 0.1) is 0 Å². The molecule has 2 unspecified atom stereocenters. The summed E-state index contributed by atoms with van der Waals surface area (Å²) in [5.74, 6) is 0. The minimum Gasteiger partial charge on any atom is -0.316 e. The Hall–Kier alpha value is -0.470. The van der Waals surface area contributed by atoms with Crippen LogP contribution < -0.4 is 5.32 Å². The molecular formula is C16H27NS.